The fourth-order valence-electron chi connectivity index (χ4n) is 2.68. The normalized spacial score (nSPS) is 13.8. The average Bonchev–Trinajstić information content (AvgIpc) is 3.17. The molecule has 1 amide bonds. The molecule has 1 aliphatic rings. The molecule has 1 aromatic heterocycles. The molecule has 0 atom stereocenters. The molecule has 0 unspecified atom stereocenters. The van der Waals surface area contributed by atoms with Gasteiger partial charge in [0.25, 0.3) is 0 Å². The van der Waals surface area contributed by atoms with Crippen molar-refractivity contribution in [3.63, 3.8) is 0 Å². The molecule has 1 aromatic carbocycles. The van der Waals surface area contributed by atoms with Crippen LogP contribution in [0.15, 0.2) is 41.8 Å². The molecule has 2 N–H and O–H groups in total. The number of aromatic nitrogens is 2. The number of carbonyl (C=O) groups is 1. The molecular formula is C16H20N4O3S. The molecule has 2 heterocycles. The van der Waals surface area contributed by atoms with Gasteiger partial charge in [0.2, 0.25) is 15.9 Å². The number of rotatable bonds is 8. The van der Waals surface area contributed by atoms with E-state index in [0.717, 1.165) is 31.4 Å². The first-order valence-electron chi connectivity index (χ1n) is 7.93. The van der Waals surface area contributed by atoms with Gasteiger partial charge in [-0.05, 0) is 36.6 Å². The molecule has 0 radical (unpaired) electrons. The van der Waals surface area contributed by atoms with E-state index >= 15 is 0 Å². The molecule has 0 fully saturated rings. The first-order chi connectivity index (χ1) is 11.5. The van der Waals surface area contributed by atoms with Crippen LogP contribution >= 0.6 is 0 Å². The molecule has 1 aliphatic heterocycles. The summed E-state index contributed by atoms with van der Waals surface area (Å²) < 4.78 is 29.2. The summed E-state index contributed by atoms with van der Waals surface area (Å²) in [5.74, 6) is -0.106. The highest BCUT2D eigenvalue weighted by Gasteiger charge is 2.21. The summed E-state index contributed by atoms with van der Waals surface area (Å²) in [6.07, 6.45) is 8.35. The fraction of sp³-hybridized carbons (Fsp3) is 0.375. The van der Waals surface area contributed by atoms with Crippen LogP contribution in [0.4, 0.5) is 5.69 Å². The molecule has 0 bridgehead atoms. The van der Waals surface area contributed by atoms with Crippen molar-refractivity contribution in [1.29, 1.82) is 0 Å². The number of nitrogens with zero attached hydrogens (tertiary/aromatic N) is 2. The van der Waals surface area contributed by atoms with E-state index in [1.807, 2.05) is 10.8 Å². The number of carbonyl (C=O) groups excluding carboxylic acids is 1. The van der Waals surface area contributed by atoms with Crippen molar-refractivity contribution in [1.82, 2.24) is 14.3 Å². The Morgan fingerprint density at radius 3 is 2.92 bits per heavy atom. The van der Waals surface area contributed by atoms with Crippen LogP contribution < -0.4 is 10.0 Å². The summed E-state index contributed by atoms with van der Waals surface area (Å²) in [7, 11) is -3.53. The summed E-state index contributed by atoms with van der Waals surface area (Å²) in [4.78, 5) is 15.5. The Morgan fingerprint density at radius 1 is 1.25 bits per heavy atom. The first-order valence-corrected chi connectivity index (χ1v) is 9.41. The monoisotopic (exact) mass is 348 g/mol. The lowest BCUT2D eigenvalue weighted by molar-refractivity contribution is -0.115. The van der Waals surface area contributed by atoms with E-state index in [2.05, 4.69) is 15.0 Å². The highest BCUT2D eigenvalue weighted by Crippen LogP contribution is 2.25. The third-order valence-corrected chi connectivity index (χ3v) is 5.42. The van der Waals surface area contributed by atoms with Crippen LogP contribution in [0.5, 0.6) is 0 Å². The maximum Gasteiger partial charge on any atom is 0.240 e. The lowest BCUT2D eigenvalue weighted by Crippen LogP contribution is -2.24. The molecule has 0 saturated heterocycles. The van der Waals surface area contributed by atoms with Crippen LogP contribution in [0.3, 0.4) is 0 Å². The van der Waals surface area contributed by atoms with Gasteiger partial charge in [-0.2, -0.15) is 0 Å². The molecule has 0 spiro atoms. The van der Waals surface area contributed by atoms with E-state index in [1.54, 1.807) is 24.7 Å². The molecular weight excluding hydrogens is 328 g/mol. The summed E-state index contributed by atoms with van der Waals surface area (Å²) >= 11 is 0. The number of nitrogens with one attached hydrogen (secondary N) is 2. The van der Waals surface area contributed by atoms with Gasteiger partial charge in [-0.25, -0.2) is 18.1 Å². The lowest BCUT2D eigenvalue weighted by Gasteiger charge is -2.08. The number of benzene rings is 1. The van der Waals surface area contributed by atoms with Gasteiger partial charge in [-0.15, -0.1) is 0 Å². The number of hydrogen-bond acceptors (Lipinski definition) is 4. The van der Waals surface area contributed by atoms with Gasteiger partial charge in [0.1, 0.15) is 0 Å². The molecule has 24 heavy (non-hydrogen) atoms. The van der Waals surface area contributed by atoms with Gasteiger partial charge in [0.15, 0.2) is 0 Å². The number of fused-ring (bicyclic) bond motifs is 1. The Morgan fingerprint density at radius 2 is 2.12 bits per heavy atom. The zero-order valence-corrected chi connectivity index (χ0v) is 14.1. The van der Waals surface area contributed by atoms with E-state index in [9.17, 15) is 13.2 Å². The van der Waals surface area contributed by atoms with E-state index < -0.39 is 10.0 Å². The number of aryl methyl sites for hydroxylation is 1. The van der Waals surface area contributed by atoms with Crippen molar-refractivity contribution < 1.29 is 13.2 Å². The van der Waals surface area contributed by atoms with Crippen molar-refractivity contribution in [3.8, 4) is 0 Å². The Hall–Kier alpha value is -2.19. The summed E-state index contributed by atoms with van der Waals surface area (Å²) in [5.41, 5.74) is 1.42. The van der Waals surface area contributed by atoms with E-state index in [0.29, 0.717) is 12.2 Å². The van der Waals surface area contributed by atoms with Crippen molar-refractivity contribution >= 4 is 21.6 Å². The van der Waals surface area contributed by atoms with Crippen LogP contribution in [-0.4, -0.2) is 30.4 Å². The van der Waals surface area contributed by atoms with E-state index in [1.165, 1.54) is 6.07 Å². The minimum atomic E-state index is -3.53. The Labute approximate surface area is 141 Å². The van der Waals surface area contributed by atoms with Gasteiger partial charge >= 0.3 is 0 Å². The zero-order chi connectivity index (χ0) is 17.0. The molecule has 0 saturated carbocycles. The third-order valence-electron chi connectivity index (χ3n) is 3.96. The number of imidazole rings is 1. The predicted molar refractivity (Wildman–Crippen MR) is 90.0 cm³/mol. The largest absolute Gasteiger partial charge is 0.337 e. The summed E-state index contributed by atoms with van der Waals surface area (Å²) in [6, 6.07) is 4.72. The van der Waals surface area contributed by atoms with Crippen LogP contribution in [-0.2, 0) is 27.8 Å². The second-order valence-electron chi connectivity index (χ2n) is 5.80. The number of unbranched alkanes of at least 4 members (excludes halogenated alkanes) is 2. The standard InChI is InChI=1S/C16H20N4O3S/c21-16-11-13-10-14(4-5-15(13)19-16)24(22,23)18-6-2-1-3-8-20-9-7-17-12-20/h4-5,7,9-10,12,18H,1-3,6,8,11H2,(H,19,21). The SMILES string of the molecule is O=C1Cc2cc(S(=O)(=O)NCCCCCn3ccnc3)ccc2N1. The van der Waals surface area contributed by atoms with Gasteiger partial charge in [-0.1, -0.05) is 6.42 Å². The second-order valence-corrected chi connectivity index (χ2v) is 7.57. The van der Waals surface area contributed by atoms with Crippen molar-refractivity contribution in [2.24, 2.45) is 0 Å². The average molecular weight is 348 g/mol. The highest BCUT2D eigenvalue weighted by molar-refractivity contribution is 7.89. The molecule has 128 valence electrons. The Kier molecular flexibility index (Phi) is 4.96. The van der Waals surface area contributed by atoms with Gasteiger partial charge in [0, 0.05) is 31.2 Å². The number of sulfonamides is 1. The maximum absolute atomic E-state index is 12.3. The van der Waals surface area contributed by atoms with Gasteiger partial charge in [0.05, 0.1) is 17.6 Å². The van der Waals surface area contributed by atoms with Crippen molar-refractivity contribution in [2.75, 3.05) is 11.9 Å². The van der Waals surface area contributed by atoms with Crippen LogP contribution in [0, 0.1) is 0 Å². The number of hydrogen-bond donors (Lipinski definition) is 2. The maximum atomic E-state index is 12.3. The Bertz CT molecular complexity index is 816. The molecule has 8 heteroatoms. The number of anilines is 1. The third kappa shape index (κ3) is 4.01. The quantitative estimate of drug-likeness (QED) is 0.708. The minimum Gasteiger partial charge on any atom is -0.337 e. The minimum absolute atomic E-state index is 0.106. The predicted octanol–water partition coefficient (Wildman–Crippen LogP) is 1.53. The highest BCUT2D eigenvalue weighted by atomic mass is 32.2. The molecule has 0 aliphatic carbocycles. The van der Waals surface area contributed by atoms with Gasteiger partial charge < -0.3 is 9.88 Å². The van der Waals surface area contributed by atoms with E-state index in [4.69, 9.17) is 0 Å². The molecule has 2 aromatic rings. The van der Waals surface area contributed by atoms with Crippen LogP contribution in [0.1, 0.15) is 24.8 Å². The lowest BCUT2D eigenvalue weighted by atomic mass is 10.2. The topological polar surface area (TPSA) is 93.1 Å². The van der Waals surface area contributed by atoms with E-state index in [-0.39, 0.29) is 17.2 Å². The van der Waals surface area contributed by atoms with Gasteiger partial charge in [-0.3, -0.25) is 4.79 Å². The fourth-order valence-corrected chi connectivity index (χ4v) is 3.80. The zero-order valence-electron chi connectivity index (χ0n) is 13.2. The van der Waals surface area contributed by atoms with Crippen molar-refractivity contribution in [2.45, 2.75) is 37.1 Å². The van der Waals surface area contributed by atoms with Crippen molar-refractivity contribution in [3.05, 3.63) is 42.5 Å². The molecule has 7 nitrogen and oxygen atoms in total. The smallest absolute Gasteiger partial charge is 0.240 e. The Balaban J connectivity index is 1.46. The van der Waals surface area contributed by atoms with Crippen LogP contribution in [0.2, 0.25) is 0 Å². The summed E-state index contributed by atoms with van der Waals surface area (Å²) in [6.45, 7) is 1.29. The first kappa shape index (κ1) is 16.7. The number of amides is 1. The van der Waals surface area contributed by atoms with Crippen LogP contribution in [0.25, 0.3) is 0 Å². The summed E-state index contributed by atoms with van der Waals surface area (Å²) in [5, 5.41) is 2.69. The molecule has 3 rings (SSSR count). The second kappa shape index (κ2) is 7.14.